The maximum atomic E-state index is 11.2. The molecule has 4 aromatic rings. The van der Waals surface area contributed by atoms with Gasteiger partial charge in [-0.15, -0.1) is 0 Å². The quantitative estimate of drug-likeness (QED) is 0.152. The molecule has 2 heterocycles. The van der Waals surface area contributed by atoms with Gasteiger partial charge in [-0.1, -0.05) is 58.2 Å². The molecule has 0 radical (unpaired) electrons. The number of nitrogens with one attached hydrogen (secondary N) is 1. The second-order valence-corrected chi connectivity index (χ2v) is 10.7. The topological polar surface area (TPSA) is 96.2 Å². The zero-order chi connectivity index (χ0) is 28.3. The van der Waals surface area contributed by atoms with E-state index in [-0.39, 0.29) is 5.92 Å². The summed E-state index contributed by atoms with van der Waals surface area (Å²) in [5, 5.41) is 17.3. The lowest BCUT2D eigenvalue weighted by Gasteiger charge is -2.26. The number of unbranched alkanes of at least 4 members (excludes halogenated alkanes) is 3. The van der Waals surface area contributed by atoms with Gasteiger partial charge in [0.15, 0.2) is 0 Å². The molecule has 4 rings (SSSR count). The Balaban J connectivity index is 1.41. The van der Waals surface area contributed by atoms with Crippen LogP contribution in [0.4, 0.5) is 11.4 Å². The van der Waals surface area contributed by atoms with Gasteiger partial charge in [0.2, 0.25) is 0 Å². The molecule has 2 aromatic carbocycles. The average molecular weight is 543 g/mol. The molecule has 1 unspecified atom stereocenters. The molecular formula is C32H42N6O2. The van der Waals surface area contributed by atoms with Crippen LogP contribution in [0.3, 0.4) is 0 Å². The van der Waals surface area contributed by atoms with Crippen LogP contribution in [0, 0.1) is 5.92 Å². The number of rotatable bonds is 16. The van der Waals surface area contributed by atoms with Crippen LogP contribution in [-0.2, 0) is 11.3 Å². The Kier molecular flexibility index (Phi) is 10.6. The second kappa shape index (κ2) is 14.6. The van der Waals surface area contributed by atoms with Crippen molar-refractivity contribution < 1.29 is 9.90 Å². The lowest BCUT2D eigenvalue weighted by molar-refractivity contribution is -0.142. The van der Waals surface area contributed by atoms with E-state index in [1.165, 1.54) is 0 Å². The highest BCUT2D eigenvalue weighted by Crippen LogP contribution is 2.28. The Labute approximate surface area is 237 Å². The van der Waals surface area contributed by atoms with E-state index in [0.717, 1.165) is 85.4 Å². The average Bonchev–Trinajstić information content (AvgIpc) is 3.43. The molecule has 40 heavy (non-hydrogen) atoms. The maximum Gasteiger partial charge on any atom is 0.306 e. The molecule has 0 saturated carbocycles. The highest BCUT2D eigenvalue weighted by atomic mass is 16.4. The molecule has 8 nitrogen and oxygen atoms in total. The molecule has 0 amide bonds. The van der Waals surface area contributed by atoms with E-state index < -0.39 is 5.97 Å². The molecule has 0 aliphatic rings. The number of nitrogens with zero attached hydrogens (tertiary/aromatic N) is 5. The smallest absolute Gasteiger partial charge is 0.306 e. The Morgan fingerprint density at radius 3 is 2.55 bits per heavy atom. The van der Waals surface area contributed by atoms with Gasteiger partial charge in [-0.05, 0) is 49.6 Å². The third-order valence-corrected chi connectivity index (χ3v) is 7.25. The number of carbonyl (C=O) groups is 1. The summed E-state index contributed by atoms with van der Waals surface area (Å²) in [6.45, 7) is 8.81. The summed E-state index contributed by atoms with van der Waals surface area (Å²) < 4.78 is 1.96. The third kappa shape index (κ3) is 8.11. The zero-order valence-corrected chi connectivity index (χ0v) is 24.0. The molecule has 0 bridgehead atoms. The van der Waals surface area contributed by atoms with Crippen molar-refractivity contribution in [3.05, 3.63) is 67.1 Å². The van der Waals surface area contributed by atoms with Crippen LogP contribution in [-0.4, -0.2) is 50.0 Å². The summed E-state index contributed by atoms with van der Waals surface area (Å²) in [4.78, 5) is 23.1. The van der Waals surface area contributed by atoms with Crippen LogP contribution in [0.15, 0.2) is 67.1 Å². The number of hydrogen-bond donors (Lipinski definition) is 2. The van der Waals surface area contributed by atoms with Gasteiger partial charge in [0.05, 0.1) is 35.0 Å². The van der Waals surface area contributed by atoms with Crippen molar-refractivity contribution in [2.75, 3.05) is 18.0 Å². The molecule has 8 heteroatoms. The first-order valence-electron chi connectivity index (χ1n) is 14.5. The number of carboxylic acids is 1. The summed E-state index contributed by atoms with van der Waals surface area (Å²) in [6.07, 6.45) is 11.2. The number of para-hydroxylation sites is 1. The predicted molar refractivity (Wildman–Crippen MR) is 162 cm³/mol. The monoisotopic (exact) mass is 542 g/mol. The second-order valence-electron chi connectivity index (χ2n) is 10.7. The normalized spacial score (nSPS) is 12.2. The zero-order valence-electron chi connectivity index (χ0n) is 24.0. The fraction of sp³-hybridized carbons (Fsp3) is 0.438. The van der Waals surface area contributed by atoms with Gasteiger partial charge < -0.3 is 15.3 Å². The molecule has 212 valence electrons. The molecule has 2 aromatic heterocycles. The van der Waals surface area contributed by atoms with Crippen molar-refractivity contribution >= 4 is 28.4 Å². The minimum absolute atomic E-state index is 0.212. The number of fused-ring (bicyclic) bond motifs is 1. The Morgan fingerprint density at radius 1 is 1.00 bits per heavy atom. The summed E-state index contributed by atoms with van der Waals surface area (Å²) in [7, 11) is 0. The van der Waals surface area contributed by atoms with Crippen LogP contribution in [0.1, 0.15) is 59.3 Å². The van der Waals surface area contributed by atoms with Crippen molar-refractivity contribution in [1.29, 1.82) is 0 Å². The Bertz CT molecular complexity index is 1350. The first-order chi connectivity index (χ1) is 19.4. The molecule has 0 fully saturated rings. The van der Waals surface area contributed by atoms with E-state index >= 15 is 0 Å². The molecule has 0 spiro atoms. The molecule has 2 N–H and O–H groups in total. The minimum Gasteiger partial charge on any atom is -0.481 e. The highest BCUT2D eigenvalue weighted by Gasteiger charge is 2.14. The van der Waals surface area contributed by atoms with Crippen LogP contribution in [0.25, 0.3) is 22.3 Å². The number of aromatic nitrogens is 4. The number of aryl methyl sites for hydroxylation is 1. The summed E-state index contributed by atoms with van der Waals surface area (Å²) in [6, 6.07) is 17.1. The van der Waals surface area contributed by atoms with Crippen molar-refractivity contribution in [2.45, 2.75) is 71.9 Å². The van der Waals surface area contributed by atoms with Crippen LogP contribution < -0.4 is 10.2 Å². The SMILES string of the molecule is CCC(CCCCCCn1cc(-c2cnc3ccc(N(CCNC(C)C)c4ccccc4)cc3n2)cn1)C(=O)O. The molecule has 0 aliphatic heterocycles. The largest absolute Gasteiger partial charge is 0.481 e. The number of anilines is 2. The van der Waals surface area contributed by atoms with E-state index in [2.05, 4.69) is 70.5 Å². The lowest BCUT2D eigenvalue weighted by Crippen LogP contribution is -2.32. The fourth-order valence-corrected chi connectivity index (χ4v) is 4.93. The fourth-order valence-electron chi connectivity index (χ4n) is 4.93. The van der Waals surface area contributed by atoms with Gasteiger partial charge in [0.25, 0.3) is 0 Å². The minimum atomic E-state index is -0.674. The number of benzene rings is 2. The summed E-state index contributed by atoms with van der Waals surface area (Å²) in [5.74, 6) is -0.886. The van der Waals surface area contributed by atoms with Crippen molar-refractivity contribution in [1.82, 2.24) is 25.1 Å². The third-order valence-electron chi connectivity index (χ3n) is 7.25. The van der Waals surface area contributed by atoms with E-state index in [4.69, 9.17) is 4.98 Å². The van der Waals surface area contributed by atoms with Gasteiger partial charge in [-0.3, -0.25) is 14.5 Å². The highest BCUT2D eigenvalue weighted by molar-refractivity contribution is 5.82. The molecular weight excluding hydrogens is 500 g/mol. The van der Waals surface area contributed by atoms with Crippen molar-refractivity contribution in [3.8, 4) is 11.3 Å². The number of aliphatic carboxylic acids is 1. The van der Waals surface area contributed by atoms with Crippen molar-refractivity contribution in [3.63, 3.8) is 0 Å². The summed E-state index contributed by atoms with van der Waals surface area (Å²) in [5.41, 5.74) is 5.70. The van der Waals surface area contributed by atoms with Gasteiger partial charge >= 0.3 is 5.97 Å². The predicted octanol–water partition coefficient (Wildman–Crippen LogP) is 6.69. The Morgan fingerprint density at radius 2 is 1.80 bits per heavy atom. The van der Waals surface area contributed by atoms with E-state index in [1.54, 1.807) is 0 Å². The lowest BCUT2D eigenvalue weighted by atomic mass is 9.98. The number of hydrogen-bond acceptors (Lipinski definition) is 6. The van der Waals surface area contributed by atoms with Gasteiger partial charge in [0.1, 0.15) is 0 Å². The van der Waals surface area contributed by atoms with Crippen LogP contribution >= 0.6 is 0 Å². The van der Waals surface area contributed by atoms with Gasteiger partial charge in [0, 0.05) is 48.8 Å². The van der Waals surface area contributed by atoms with Gasteiger partial charge in [-0.2, -0.15) is 5.10 Å². The molecule has 0 saturated heterocycles. The first-order valence-corrected chi connectivity index (χ1v) is 14.5. The standard InChI is InChI=1S/C32H42N6O2/c1-4-25(32(39)40)12-8-5-6-11-18-37-23-26(21-35-37)31-22-34-29-16-15-28(20-30(29)36-31)38(19-17-33-24(2)3)27-13-9-7-10-14-27/h7,9-10,13-16,20-25,33H,4-6,8,11-12,17-19H2,1-3H3,(H,39,40). The molecule has 0 aliphatic carbocycles. The van der Waals surface area contributed by atoms with Crippen molar-refractivity contribution in [2.24, 2.45) is 5.92 Å². The Hall–Kier alpha value is -3.78. The van der Waals surface area contributed by atoms with E-state index in [1.807, 2.05) is 42.3 Å². The maximum absolute atomic E-state index is 11.2. The first kappa shape index (κ1) is 29.2. The summed E-state index contributed by atoms with van der Waals surface area (Å²) >= 11 is 0. The van der Waals surface area contributed by atoms with Crippen LogP contribution in [0.5, 0.6) is 0 Å². The number of carboxylic acid groups (broad SMARTS) is 1. The van der Waals surface area contributed by atoms with Gasteiger partial charge in [-0.25, -0.2) is 4.98 Å². The van der Waals surface area contributed by atoms with Crippen LogP contribution in [0.2, 0.25) is 0 Å². The van der Waals surface area contributed by atoms with E-state index in [0.29, 0.717) is 12.5 Å². The molecule has 1 atom stereocenters. The van der Waals surface area contributed by atoms with E-state index in [9.17, 15) is 9.90 Å².